The van der Waals surface area contributed by atoms with E-state index in [-0.39, 0.29) is 0 Å². The molecule has 0 radical (unpaired) electrons. The summed E-state index contributed by atoms with van der Waals surface area (Å²) < 4.78 is 5.07. The van der Waals surface area contributed by atoms with E-state index in [2.05, 4.69) is 0 Å². The second-order valence-electron chi connectivity index (χ2n) is 3.14. The van der Waals surface area contributed by atoms with Gasteiger partial charge in [-0.15, -0.1) is 0 Å². The zero-order valence-electron chi connectivity index (χ0n) is 8.57. The van der Waals surface area contributed by atoms with Crippen molar-refractivity contribution in [3.63, 3.8) is 0 Å². The van der Waals surface area contributed by atoms with Gasteiger partial charge < -0.3 is 15.4 Å². The molecule has 0 spiro atoms. The van der Waals surface area contributed by atoms with Crippen molar-refractivity contribution in [3.8, 4) is 5.75 Å². The molecule has 14 heavy (non-hydrogen) atoms. The van der Waals surface area contributed by atoms with Crippen LogP contribution >= 0.6 is 0 Å². The molecule has 1 aromatic rings. The SMILES string of the molecule is COc1cc(N(C)C)ccc1C(N)=O. The molecular formula is C10H14N2O2. The van der Waals surface area contributed by atoms with E-state index >= 15 is 0 Å². The molecule has 2 N–H and O–H groups in total. The fourth-order valence-corrected chi connectivity index (χ4v) is 1.16. The fraction of sp³-hybridized carbons (Fsp3) is 0.300. The van der Waals surface area contributed by atoms with Crippen molar-refractivity contribution < 1.29 is 9.53 Å². The number of hydrogen-bond acceptors (Lipinski definition) is 3. The molecule has 0 bridgehead atoms. The Morgan fingerprint density at radius 1 is 1.43 bits per heavy atom. The molecule has 0 aliphatic heterocycles. The normalized spacial score (nSPS) is 9.64. The molecule has 0 fully saturated rings. The van der Waals surface area contributed by atoms with Gasteiger partial charge in [0.25, 0.3) is 5.91 Å². The summed E-state index contributed by atoms with van der Waals surface area (Å²) in [7, 11) is 5.35. The summed E-state index contributed by atoms with van der Waals surface area (Å²) in [6, 6.07) is 5.26. The van der Waals surface area contributed by atoms with Crippen molar-refractivity contribution in [3.05, 3.63) is 23.8 Å². The number of methoxy groups -OCH3 is 1. The Morgan fingerprint density at radius 2 is 2.07 bits per heavy atom. The molecule has 0 aliphatic carbocycles. The van der Waals surface area contributed by atoms with Crippen molar-refractivity contribution in [1.82, 2.24) is 0 Å². The van der Waals surface area contributed by atoms with Crippen molar-refractivity contribution >= 4 is 11.6 Å². The Morgan fingerprint density at radius 3 is 2.50 bits per heavy atom. The van der Waals surface area contributed by atoms with Crippen LogP contribution < -0.4 is 15.4 Å². The van der Waals surface area contributed by atoms with Gasteiger partial charge >= 0.3 is 0 Å². The molecule has 0 atom stereocenters. The maximum Gasteiger partial charge on any atom is 0.252 e. The lowest BCUT2D eigenvalue weighted by Crippen LogP contribution is -2.14. The summed E-state index contributed by atoms with van der Waals surface area (Å²) in [5, 5.41) is 0. The van der Waals surface area contributed by atoms with Crippen molar-refractivity contribution in [2.24, 2.45) is 5.73 Å². The smallest absolute Gasteiger partial charge is 0.252 e. The maximum atomic E-state index is 11.0. The monoisotopic (exact) mass is 194 g/mol. The highest BCUT2D eigenvalue weighted by Gasteiger charge is 2.09. The Kier molecular flexibility index (Phi) is 2.96. The predicted molar refractivity (Wildman–Crippen MR) is 55.8 cm³/mol. The highest BCUT2D eigenvalue weighted by Crippen LogP contribution is 2.23. The van der Waals surface area contributed by atoms with Crippen LogP contribution in [-0.4, -0.2) is 27.1 Å². The number of carbonyl (C=O) groups excluding carboxylic acids is 1. The number of anilines is 1. The minimum atomic E-state index is -0.479. The molecule has 0 aliphatic rings. The van der Waals surface area contributed by atoms with Crippen LogP contribution in [0.25, 0.3) is 0 Å². The van der Waals surface area contributed by atoms with Crippen LogP contribution in [-0.2, 0) is 0 Å². The summed E-state index contributed by atoms with van der Waals surface area (Å²) in [4.78, 5) is 12.9. The first-order chi connectivity index (χ1) is 6.56. The van der Waals surface area contributed by atoms with Crippen LogP contribution in [0.5, 0.6) is 5.75 Å². The summed E-state index contributed by atoms with van der Waals surface area (Å²) >= 11 is 0. The molecule has 76 valence electrons. The summed E-state index contributed by atoms with van der Waals surface area (Å²) in [6.45, 7) is 0. The molecule has 4 heteroatoms. The Hall–Kier alpha value is -1.71. The highest BCUT2D eigenvalue weighted by atomic mass is 16.5. The van der Waals surface area contributed by atoms with E-state index in [0.29, 0.717) is 11.3 Å². The quantitative estimate of drug-likeness (QED) is 0.776. The minimum absolute atomic E-state index is 0.401. The van der Waals surface area contributed by atoms with E-state index in [1.807, 2.05) is 25.1 Å². The fourth-order valence-electron chi connectivity index (χ4n) is 1.16. The van der Waals surface area contributed by atoms with Crippen molar-refractivity contribution in [2.45, 2.75) is 0 Å². The Labute approximate surface area is 83.3 Å². The van der Waals surface area contributed by atoms with Crippen LogP contribution in [0.1, 0.15) is 10.4 Å². The zero-order chi connectivity index (χ0) is 10.7. The molecule has 0 unspecified atom stereocenters. The van der Waals surface area contributed by atoms with Gasteiger partial charge in [-0.3, -0.25) is 4.79 Å². The topological polar surface area (TPSA) is 55.6 Å². The van der Waals surface area contributed by atoms with E-state index in [9.17, 15) is 4.79 Å². The third-order valence-electron chi connectivity index (χ3n) is 1.97. The van der Waals surface area contributed by atoms with E-state index in [0.717, 1.165) is 5.69 Å². The average Bonchev–Trinajstić information content (AvgIpc) is 2.16. The van der Waals surface area contributed by atoms with E-state index in [1.54, 1.807) is 12.1 Å². The summed E-state index contributed by atoms with van der Waals surface area (Å²) in [5.74, 6) is 0.0239. The lowest BCUT2D eigenvalue weighted by atomic mass is 10.1. The maximum absolute atomic E-state index is 11.0. The molecule has 0 saturated heterocycles. The van der Waals surface area contributed by atoms with Gasteiger partial charge in [0.2, 0.25) is 0 Å². The average molecular weight is 194 g/mol. The van der Waals surface area contributed by atoms with Crippen LogP contribution in [0, 0.1) is 0 Å². The van der Waals surface area contributed by atoms with Gasteiger partial charge in [-0.1, -0.05) is 0 Å². The van der Waals surface area contributed by atoms with Crippen molar-refractivity contribution in [1.29, 1.82) is 0 Å². The number of rotatable bonds is 3. The second kappa shape index (κ2) is 4.00. The lowest BCUT2D eigenvalue weighted by Gasteiger charge is -2.14. The van der Waals surface area contributed by atoms with Crippen molar-refractivity contribution in [2.75, 3.05) is 26.1 Å². The van der Waals surface area contributed by atoms with E-state index in [1.165, 1.54) is 7.11 Å². The van der Waals surface area contributed by atoms with Gasteiger partial charge in [-0.05, 0) is 12.1 Å². The third kappa shape index (κ3) is 1.96. The molecule has 1 aromatic carbocycles. The first-order valence-corrected chi connectivity index (χ1v) is 4.21. The van der Waals surface area contributed by atoms with Gasteiger partial charge in [-0.2, -0.15) is 0 Å². The van der Waals surface area contributed by atoms with Crippen LogP contribution in [0.15, 0.2) is 18.2 Å². The largest absolute Gasteiger partial charge is 0.496 e. The molecule has 1 rings (SSSR count). The number of amides is 1. The van der Waals surface area contributed by atoms with Gasteiger partial charge in [0.1, 0.15) is 5.75 Å². The molecule has 1 amide bonds. The number of hydrogen-bond donors (Lipinski definition) is 1. The molecular weight excluding hydrogens is 180 g/mol. The number of nitrogens with zero attached hydrogens (tertiary/aromatic N) is 1. The molecule has 0 heterocycles. The van der Waals surface area contributed by atoms with Gasteiger partial charge in [0, 0.05) is 25.8 Å². The molecule has 0 saturated carbocycles. The van der Waals surface area contributed by atoms with Gasteiger partial charge in [0.05, 0.1) is 12.7 Å². The lowest BCUT2D eigenvalue weighted by molar-refractivity contribution is 0.0997. The standard InChI is InChI=1S/C10H14N2O2/c1-12(2)7-4-5-8(10(11)13)9(6-7)14-3/h4-6H,1-3H3,(H2,11,13). The van der Waals surface area contributed by atoms with Crippen LogP contribution in [0.2, 0.25) is 0 Å². The van der Waals surface area contributed by atoms with E-state index in [4.69, 9.17) is 10.5 Å². The predicted octanol–water partition coefficient (Wildman–Crippen LogP) is 0.860. The number of ether oxygens (including phenoxy) is 1. The second-order valence-corrected chi connectivity index (χ2v) is 3.14. The minimum Gasteiger partial charge on any atom is -0.496 e. The number of primary amides is 1. The number of carbonyl (C=O) groups is 1. The number of nitrogens with two attached hydrogens (primary N) is 1. The van der Waals surface area contributed by atoms with E-state index < -0.39 is 5.91 Å². The zero-order valence-corrected chi connectivity index (χ0v) is 8.57. The van der Waals surface area contributed by atoms with Crippen LogP contribution in [0.3, 0.4) is 0 Å². The Balaban J connectivity index is 3.18. The first-order valence-electron chi connectivity index (χ1n) is 4.21. The molecule has 4 nitrogen and oxygen atoms in total. The van der Waals surface area contributed by atoms with Crippen LogP contribution in [0.4, 0.5) is 5.69 Å². The summed E-state index contributed by atoms with van der Waals surface area (Å²) in [5.41, 5.74) is 6.55. The summed E-state index contributed by atoms with van der Waals surface area (Å²) in [6.07, 6.45) is 0. The third-order valence-corrected chi connectivity index (χ3v) is 1.97. The number of benzene rings is 1. The van der Waals surface area contributed by atoms with Gasteiger partial charge in [-0.25, -0.2) is 0 Å². The van der Waals surface area contributed by atoms with Gasteiger partial charge in [0.15, 0.2) is 0 Å². The molecule has 0 aromatic heterocycles. The highest BCUT2D eigenvalue weighted by molar-refractivity contribution is 5.96. The Bertz CT molecular complexity index is 348. The first kappa shape index (κ1) is 10.4.